The van der Waals surface area contributed by atoms with Gasteiger partial charge in [0.2, 0.25) is 0 Å². The van der Waals surface area contributed by atoms with Crippen LogP contribution in [-0.2, 0) is 6.42 Å². The lowest BCUT2D eigenvalue weighted by molar-refractivity contribution is 1.07. The molecule has 0 fully saturated rings. The molecule has 0 aliphatic carbocycles. The maximum absolute atomic E-state index is 5.80. The average Bonchev–Trinajstić information content (AvgIpc) is 2.75. The minimum Gasteiger partial charge on any atom is -0.252 e. The molecule has 0 N–H and O–H groups in total. The topological polar surface area (TPSA) is 25.8 Å². The molecule has 84 valence electrons. The Labute approximate surface area is 108 Å². The highest BCUT2D eigenvalue weighted by Crippen LogP contribution is 2.18. The first-order valence-corrected chi connectivity index (χ1v) is 6.51. The van der Waals surface area contributed by atoms with Crippen molar-refractivity contribution in [2.24, 2.45) is 0 Å². The van der Waals surface area contributed by atoms with E-state index in [0.717, 1.165) is 28.0 Å². The Morgan fingerprint density at radius 1 is 1.06 bits per heavy atom. The van der Waals surface area contributed by atoms with Gasteiger partial charge < -0.3 is 0 Å². The number of benzene rings is 1. The third-order valence-electron chi connectivity index (χ3n) is 2.51. The van der Waals surface area contributed by atoms with Gasteiger partial charge in [-0.3, -0.25) is 4.98 Å². The fourth-order valence-electron chi connectivity index (χ4n) is 1.73. The Morgan fingerprint density at radius 3 is 2.76 bits per heavy atom. The lowest BCUT2D eigenvalue weighted by Gasteiger charge is -2.00. The van der Waals surface area contributed by atoms with Crippen molar-refractivity contribution in [1.82, 2.24) is 9.97 Å². The first-order chi connectivity index (χ1) is 8.31. The van der Waals surface area contributed by atoms with Crippen LogP contribution in [0.2, 0.25) is 5.15 Å². The molecule has 4 heteroatoms. The molecule has 0 saturated carbocycles. The molecule has 2 heterocycles. The molecule has 1 aromatic carbocycles. The smallest absolute Gasteiger partial charge is 0.140 e. The Hall–Kier alpha value is -1.45. The van der Waals surface area contributed by atoms with E-state index in [9.17, 15) is 0 Å². The van der Waals surface area contributed by atoms with Crippen molar-refractivity contribution >= 4 is 33.8 Å². The Bertz CT molecular complexity index is 663. The Morgan fingerprint density at radius 2 is 1.94 bits per heavy atom. The first kappa shape index (κ1) is 10.7. The molecule has 0 atom stereocenters. The summed E-state index contributed by atoms with van der Waals surface area (Å²) in [6.07, 6.45) is 0.738. The maximum Gasteiger partial charge on any atom is 0.140 e. The van der Waals surface area contributed by atoms with Gasteiger partial charge in [-0.05, 0) is 12.1 Å². The Kier molecular flexibility index (Phi) is 2.79. The molecule has 2 aromatic heterocycles. The van der Waals surface area contributed by atoms with Gasteiger partial charge in [0, 0.05) is 22.9 Å². The molecule has 0 spiro atoms. The van der Waals surface area contributed by atoms with Crippen LogP contribution in [0, 0.1) is 0 Å². The molecule has 0 aliphatic rings. The average molecular weight is 261 g/mol. The number of hydrogen-bond acceptors (Lipinski definition) is 3. The summed E-state index contributed by atoms with van der Waals surface area (Å²) >= 11 is 7.37. The van der Waals surface area contributed by atoms with E-state index in [1.165, 1.54) is 0 Å². The number of halogens is 1. The van der Waals surface area contributed by atoms with E-state index in [0.29, 0.717) is 5.15 Å². The second kappa shape index (κ2) is 4.43. The molecule has 0 saturated heterocycles. The van der Waals surface area contributed by atoms with Crippen molar-refractivity contribution in [2.45, 2.75) is 6.42 Å². The molecule has 2 nitrogen and oxygen atoms in total. The summed E-state index contributed by atoms with van der Waals surface area (Å²) in [6, 6.07) is 12.2. The minimum atomic E-state index is 0.561. The van der Waals surface area contributed by atoms with Crippen molar-refractivity contribution in [1.29, 1.82) is 0 Å². The van der Waals surface area contributed by atoms with Gasteiger partial charge in [0.25, 0.3) is 0 Å². The fraction of sp³-hybridized carbons (Fsp3) is 0.0769. The molecule has 0 bridgehead atoms. The van der Waals surface area contributed by atoms with Crippen LogP contribution in [-0.4, -0.2) is 9.97 Å². The van der Waals surface area contributed by atoms with Gasteiger partial charge in [-0.25, -0.2) is 4.98 Å². The zero-order chi connectivity index (χ0) is 11.7. The van der Waals surface area contributed by atoms with Crippen LogP contribution >= 0.6 is 22.9 Å². The molecular weight excluding hydrogens is 252 g/mol. The SMILES string of the molecule is Clc1csc(Cc2ccc3ccccc3n2)n1. The maximum atomic E-state index is 5.80. The van der Waals surface area contributed by atoms with Crippen molar-refractivity contribution in [3.05, 3.63) is 57.6 Å². The predicted octanol–water partition coefficient (Wildman–Crippen LogP) is 3.94. The van der Waals surface area contributed by atoms with Gasteiger partial charge in [-0.1, -0.05) is 35.9 Å². The van der Waals surface area contributed by atoms with Gasteiger partial charge in [-0.2, -0.15) is 0 Å². The van der Waals surface area contributed by atoms with Crippen LogP contribution in [0.25, 0.3) is 10.9 Å². The van der Waals surface area contributed by atoms with E-state index >= 15 is 0 Å². The van der Waals surface area contributed by atoms with Crippen LogP contribution in [0.3, 0.4) is 0 Å². The number of hydrogen-bond donors (Lipinski definition) is 0. The predicted molar refractivity (Wildman–Crippen MR) is 71.7 cm³/mol. The van der Waals surface area contributed by atoms with Crippen LogP contribution < -0.4 is 0 Å². The lowest BCUT2D eigenvalue weighted by atomic mass is 10.2. The fourth-order valence-corrected chi connectivity index (χ4v) is 2.69. The largest absolute Gasteiger partial charge is 0.252 e. The van der Waals surface area contributed by atoms with Crippen molar-refractivity contribution in [3.63, 3.8) is 0 Å². The third kappa shape index (κ3) is 2.30. The summed E-state index contributed by atoms with van der Waals surface area (Å²) in [5.41, 5.74) is 2.04. The van der Waals surface area contributed by atoms with E-state index in [2.05, 4.69) is 22.1 Å². The quantitative estimate of drug-likeness (QED) is 0.698. The van der Waals surface area contributed by atoms with E-state index in [1.807, 2.05) is 29.6 Å². The van der Waals surface area contributed by atoms with E-state index in [-0.39, 0.29) is 0 Å². The lowest BCUT2D eigenvalue weighted by Crippen LogP contribution is -1.91. The number of thiazole rings is 1. The summed E-state index contributed by atoms with van der Waals surface area (Å²) in [6.45, 7) is 0. The molecule has 0 aliphatic heterocycles. The van der Waals surface area contributed by atoms with E-state index in [4.69, 9.17) is 11.6 Å². The molecule has 0 unspecified atom stereocenters. The number of pyridine rings is 1. The molecule has 0 radical (unpaired) electrons. The molecular formula is C13H9ClN2S. The number of para-hydroxylation sites is 1. The van der Waals surface area contributed by atoms with Crippen molar-refractivity contribution in [3.8, 4) is 0 Å². The van der Waals surface area contributed by atoms with Crippen LogP contribution in [0.15, 0.2) is 41.8 Å². The van der Waals surface area contributed by atoms with Gasteiger partial charge in [0.1, 0.15) is 10.2 Å². The minimum absolute atomic E-state index is 0.561. The molecule has 3 aromatic rings. The van der Waals surface area contributed by atoms with Crippen LogP contribution in [0.1, 0.15) is 10.7 Å². The second-order valence-electron chi connectivity index (χ2n) is 3.74. The summed E-state index contributed by atoms with van der Waals surface area (Å²) in [5.74, 6) is 0. The number of nitrogens with zero attached hydrogens (tertiary/aromatic N) is 2. The molecule has 17 heavy (non-hydrogen) atoms. The highest BCUT2D eigenvalue weighted by atomic mass is 35.5. The van der Waals surface area contributed by atoms with E-state index in [1.54, 1.807) is 11.3 Å². The number of fused-ring (bicyclic) bond motifs is 1. The summed E-state index contributed by atoms with van der Waals surface area (Å²) in [7, 11) is 0. The summed E-state index contributed by atoms with van der Waals surface area (Å²) in [4.78, 5) is 8.83. The standard InChI is InChI=1S/C13H9ClN2S/c14-12-8-17-13(16-12)7-10-6-5-9-3-1-2-4-11(9)15-10/h1-6,8H,7H2. The van der Waals surface area contributed by atoms with Crippen molar-refractivity contribution in [2.75, 3.05) is 0 Å². The van der Waals surface area contributed by atoms with Crippen molar-refractivity contribution < 1.29 is 0 Å². The normalized spacial score (nSPS) is 10.9. The summed E-state index contributed by atoms with van der Waals surface area (Å²) in [5, 5.41) is 4.56. The zero-order valence-electron chi connectivity index (χ0n) is 8.93. The van der Waals surface area contributed by atoms with Gasteiger partial charge >= 0.3 is 0 Å². The number of rotatable bonds is 2. The van der Waals surface area contributed by atoms with Crippen LogP contribution in [0.5, 0.6) is 0 Å². The second-order valence-corrected chi connectivity index (χ2v) is 5.07. The van der Waals surface area contributed by atoms with Gasteiger partial charge in [0.15, 0.2) is 0 Å². The van der Waals surface area contributed by atoms with Gasteiger partial charge in [0.05, 0.1) is 5.52 Å². The Balaban J connectivity index is 1.95. The summed E-state index contributed by atoms with van der Waals surface area (Å²) < 4.78 is 0. The molecule has 0 amide bonds. The highest BCUT2D eigenvalue weighted by molar-refractivity contribution is 7.10. The zero-order valence-corrected chi connectivity index (χ0v) is 10.5. The number of aromatic nitrogens is 2. The van der Waals surface area contributed by atoms with E-state index < -0.39 is 0 Å². The third-order valence-corrected chi connectivity index (χ3v) is 3.68. The molecule has 3 rings (SSSR count). The monoisotopic (exact) mass is 260 g/mol. The first-order valence-electron chi connectivity index (χ1n) is 5.26. The highest BCUT2D eigenvalue weighted by Gasteiger charge is 2.03. The van der Waals surface area contributed by atoms with Crippen LogP contribution in [0.4, 0.5) is 0 Å². The van der Waals surface area contributed by atoms with Gasteiger partial charge in [-0.15, -0.1) is 11.3 Å².